The molecule has 2 aromatic heterocycles. The van der Waals surface area contributed by atoms with Gasteiger partial charge < -0.3 is 0 Å². The number of halogens is 1. The first-order chi connectivity index (χ1) is 6.56. The maximum absolute atomic E-state index is 10.8. The van der Waals surface area contributed by atoms with Crippen molar-refractivity contribution in [1.29, 1.82) is 0 Å². The van der Waals surface area contributed by atoms with Crippen molar-refractivity contribution in [2.24, 2.45) is 0 Å². The molecule has 0 saturated carbocycles. The summed E-state index contributed by atoms with van der Waals surface area (Å²) in [5.74, 6) is -0.304. The molecule has 74 valence electrons. The lowest BCUT2D eigenvalue weighted by atomic mass is 10.3. The summed E-state index contributed by atoms with van der Waals surface area (Å²) >= 11 is 0. The van der Waals surface area contributed by atoms with Crippen molar-refractivity contribution in [3.63, 3.8) is 0 Å². The van der Waals surface area contributed by atoms with Crippen LogP contribution >= 0.6 is 10.7 Å². The molecule has 7 heteroatoms. The van der Waals surface area contributed by atoms with Crippen LogP contribution < -0.4 is 0 Å². The quantitative estimate of drug-likeness (QED) is 0.717. The van der Waals surface area contributed by atoms with Crippen LogP contribution in [0.4, 0.5) is 0 Å². The Labute approximate surface area is 84.7 Å². The molecule has 0 aliphatic heterocycles. The monoisotopic (exact) mass is 231 g/mol. The van der Waals surface area contributed by atoms with Gasteiger partial charge >= 0.3 is 0 Å². The van der Waals surface area contributed by atoms with E-state index in [1.807, 2.05) is 0 Å². The lowest BCUT2D eigenvalue weighted by Crippen LogP contribution is -1.95. The molecule has 0 aliphatic carbocycles. The zero-order chi connectivity index (χ0) is 10.2. The van der Waals surface area contributed by atoms with Gasteiger partial charge in [0.25, 0.3) is 0 Å². The lowest BCUT2D eigenvalue weighted by Gasteiger charge is -1.92. The SMILES string of the molecule is O=S(=O)(Cl)Cc1nnn2ccccc12. The fourth-order valence-electron chi connectivity index (χ4n) is 1.16. The lowest BCUT2D eigenvalue weighted by molar-refractivity contribution is 0.608. The summed E-state index contributed by atoms with van der Waals surface area (Å²) in [5.41, 5.74) is 1.01. The van der Waals surface area contributed by atoms with E-state index >= 15 is 0 Å². The smallest absolute Gasteiger partial charge is 0.220 e. The minimum atomic E-state index is -3.58. The van der Waals surface area contributed by atoms with Crippen LogP contribution in [0.2, 0.25) is 0 Å². The molecule has 2 rings (SSSR count). The molecule has 2 aromatic rings. The van der Waals surface area contributed by atoms with E-state index in [9.17, 15) is 8.42 Å². The molecule has 0 aromatic carbocycles. The molecular formula is C7H6ClN3O2S. The standard InChI is InChI=1S/C7H6ClN3O2S/c8-14(12,13)5-6-7-3-1-2-4-11(7)10-9-6/h1-4H,5H2. The first-order valence-electron chi connectivity index (χ1n) is 3.77. The average molecular weight is 232 g/mol. The molecule has 0 amide bonds. The van der Waals surface area contributed by atoms with Crippen molar-refractivity contribution in [1.82, 2.24) is 14.8 Å². The highest BCUT2D eigenvalue weighted by Crippen LogP contribution is 2.12. The first-order valence-corrected chi connectivity index (χ1v) is 6.25. The van der Waals surface area contributed by atoms with E-state index in [2.05, 4.69) is 10.3 Å². The molecule has 0 fully saturated rings. The maximum Gasteiger partial charge on any atom is 0.238 e. The summed E-state index contributed by atoms with van der Waals surface area (Å²) < 4.78 is 23.2. The van der Waals surface area contributed by atoms with Crippen LogP contribution in [-0.4, -0.2) is 23.2 Å². The number of rotatable bonds is 2. The third kappa shape index (κ3) is 1.85. The van der Waals surface area contributed by atoms with Crippen molar-refractivity contribution >= 4 is 25.2 Å². The van der Waals surface area contributed by atoms with Gasteiger partial charge in [0, 0.05) is 16.9 Å². The predicted octanol–water partition coefficient (Wildman–Crippen LogP) is 0.798. The molecular weight excluding hydrogens is 226 g/mol. The first kappa shape index (κ1) is 9.42. The summed E-state index contributed by atoms with van der Waals surface area (Å²) in [4.78, 5) is 0. The number of pyridine rings is 1. The highest BCUT2D eigenvalue weighted by Gasteiger charge is 2.13. The van der Waals surface area contributed by atoms with E-state index in [1.165, 1.54) is 4.52 Å². The summed E-state index contributed by atoms with van der Waals surface area (Å²) in [6.45, 7) is 0. The molecule has 2 heterocycles. The molecule has 0 N–H and O–H groups in total. The van der Waals surface area contributed by atoms with Gasteiger partial charge in [-0.1, -0.05) is 11.3 Å². The molecule has 5 nitrogen and oxygen atoms in total. The molecule has 0 radical (unpaired) electrons. The molecule has 14 heavy (non-hydrogen) atoms. The predicted molar refractivity (Wildman–Crippen MR) is 51.5 cm³/mol. The zero-order valence-electron chi connectivity index (χ0n) is 6.96. The Hall–Kier alpha value is -1.14. The third-order valence-corrected chi connectivity index (χ3v) is 2.65. The molecule has 0 aliphatic rings. The van der Waals surface area contributed by atoms with Crippen molar-refractivity contribution in [3.8, 4) is 0 Å². The molecule has 0 atom stereocenters. The summed E-state index contributed by atoms with van der Waals surface area (Å²) in [6, 6.07) is 5.29. The average Bonchev–Trinajstić information content (AvgIpc) is 2.47. The van der Waals surface area contributed by atoms with E-state index in [4.69, 9.17) is 10.7 Å². The van der Waals surface area contributed by atoms with Crippen LogP contribution in [0.25, 0.3) is 5.52 Å². The van der Waals surface area contributed by atoms with Crippen LogP contribution in [0.5, 0.6) is 0 Å². The Morgan fingerprint density at radius 2 is 2.21 bits per heavy atom. The van der Waals surface area contributed by atoms with E-state index < -0.39 is 9.05 Å². The Balaban J connectivity index is 2.54. The maximum atomic E-state index is 10.8. The van der Waals surface area contributed by atoms with Gasteiger partial charge in [-0.15, -0.1) is 5.10 Å². The number of aromatic nitrogens is 3. The highest BCUT2D eigenvalue weighted by molar-refractivity contribution is 8.13. The normalized spacial score (nSPS) is 12.1. The van der Waals surface area contributed by atoms with Crippen LogP contribution in [0.15, 0.2) is 24.4 Å². The summed E-state index contributed by atoms with van der Waals surface area (Å²) in [7, 11) is 1.54. The van der Waals surface area contributed by atoms with Crippen LogP contribution in [0.1, 0.15) is 5.69 Å². The Morgan fingerprint density at radius 3 is 2.93 bits per heavy atom. The van der Waals surface area contributed by atoms with E-state index in [0.717, 1.165) is 0 Å². The van der Waals surface area contributed by atoms with Crippen LogP contribution in [-0.2, 0) is 14.8 Å². The Kier molecular flexibility index (Phi) is 2.16. The topological polar surface area (TPSA) is 64.3 Å². The van der Waals surface area contributed by atoms with Gasteiger partial charge in [-0.3, -0.25) is 0 Å². The molecule has 0 spiro atoms. The summed E-state index contributed by atoms with van der Waals surface area (Å²) in [5, 5.41) is 7.48. The van der Waals surface area contributed by atoms with Gasteiger partial charge in [0.1, 0.15) is 11.4 Å². The highest BCUT2D eigenvalue weighted by atomic mass is 35.7. The van der Waals surface area contributed by atoms with Crippen LogP contribution in [0, 0.1) is 0 Å². The fourth-order valence-corrected chi connectivity index (χ4v) is 2.00. The third-order valence-electron chi connectivity index (χ3n) is 1.71. The van der Waals surface area contributed by atoms with Crippen molar-refractivity contribution in [3.05, 3.63) is 30.1 Å². The number of hydrogen-bond acceptors (Lipinski definition) is 4. The van der Waals surface area contributed by atoms with Gasteiger partial charge in [-0.05, 0) is 12.1 Å². The number of fused-ring (bicyclic) bond motifs is 1. The van der Waals surface area contributed by atoms with Crippen molar-refractivity contribution in [2.75, 3.05) is 0 Å². The van der Waals surface area contributed by atoms with Gasteiger partial charge in [0.05, 0.1) is 5.52 Å². The second-order valence-electron chi connectivity index (χ2n) is 2.75. The largest absolute Gasteiger partial charge is 0.238 e. The molecule has 0 bridgehead atoms. The minimum absolute atomic E-state index is 0.304. The Morgan fingerprint density at radius 1 is 1.43 bits per heavy atom. The fraction of sp³-hybridized carbons (Fsp3) is 0.143. The van der Waals surface area contributed by atoms with E-state index in [0.29, 0.717) is 11.2 Å². The van der Waals surface area contributed by atoms with Crippen molar-refractivity contribution in [2.45, 2.75) is 5.75 Å². The van der Waals surface area contributed by atoms with Crippen LogP contribution in [0.3, 0.4) is 0 Å². The van der Waals surface area contributed by atoms with Crippen molar-refractivity contribution < 1.29 is 8.42 Å². The zero-order valence-corrected chi connectivity index (χ0v) is 8.53. The molecule has 0 saturated heterocycles. The van der Waals surface area contributed by atoms with E-state index in [1.54, 1.807) is 24.4 Å². The van der Waals surface area contributed by atoms with Gasteiger partial charge in [-0.2, -0.15) is 0 Å². The van der Waals surface area contributed by atoms with Gasteiger partial charge in [0.2, 0.25) is 9.05 Å². The van der Waals surface area contributed by atoms with E-state index in [-0.39, 0.29) is 5.75 Å². The minimum Gasteiger partial charge on any atom is -0.220 e. The van der Waals surface area contributed by atoms with Gasteiger partial charge in [-0.25, -0.2) is 12.9 Å². The second-order valence-corrected chi connectivity index (χ2v) is 5.53. The Bertz CT molecular complexity index is 563. The number of hydrogen-bond donors (Lipinski definition) is 0. The van der Waals surface area contributed by atoms with Gasteiger partial charge in [0.15, 0.2) is 0 Å². The second kappa shape index (κ2) is 3.21. The number of nitrogens with zero attached hydrogens (tertiary/aromatic N) is 3. The molecule has 0 unspecified atom stereocenters. The summed E-state index contributed by atoms with van der Waals surface area (Å²) in [6.07, 6.45) is 1.69.